The van der Waals surface area contributed by atoms with Gasteiger partial charge in [0, 0.05) is 0 Å². The van der Waals surface area contributed by atoms with Gasteiger partial charge in [0.2, 0.25) is 0 Å². The Bertz CT molecular complexity index is 229. The molecular formula is C14H27NO. The molecule has 1 saturated carbocycles. The molecule has 2 rings (SSSR count). The average Bonchev–Trinajstić information content (AvgIpc) is 2.90. The molecule has 2 aliphatic rings. The molecule has 16 heavy (non-hydrogen) atoms. The third-order valence-electron chi connectivity index (χ3n) is 4.92. The lowest BCUT2D eigenvalue weighted by Crippen LogP contribution is -2.32. The van der Waals surface area contributed by atoms with E-state index in [0.717, 1.165) is 19.4 Å². The van der Waals surface area contributed by atoms with Crippen LogP contribution in [0.4, 0.5) is 0 Å². The molecule has 0 aromatic rings. The number of ether oxygens (including phenoxy) is 1. The molecule has 0 aromatic heterocycles. The topological polar surface area (TPSA) is 35.2 Å². The van der Waals surface area contributed by atoms with Gasteiger partial charge in [-0.25, -0.2) is 0 Å². The van der Waals surface area contributed by atoms with Crippen molar-refractivity contribution in [2.24, 2.45) is 11.1 Å². The maximum absolute atomic E-state index is 6.35. The van der Waals surface area contributed by atoms with E-state index in [4.69, 9.17) is 10.5 Å². The molecule has 1 aliphatic heterocycles. The van der Waals surface area contributed by atoms with Crippen molar-refractivity contribution in [1.82, 2.24) is 0 Å². The first kappa shape index (κ1) is 12.4. The molecular weight excluding hydrogens is 198 g/mol. The van der Waals surface area contributed by atoms with E-state index in [9.17, 15) is 0 Å². The van der Waals surface area contributed by atoms with Crippen molar-refractivity contribution >= 4 is 0 Å². The van der Waals surface area contributed by atoms with Crippen molar-refractivity contribution in [3.8, 4) is 0 Å². The van der Waals surface area contributed by atoms with Gasteiger partial charge in [0.1, 0.15) is 0 Å². The molecule has 2 N–H and O–H groups in total. The van der Waals surface area contributed by atoms with Crippen LogP contribution in [0.25, 0.3) is 0 Å². The van der Waals surface area contributed by atoms with E-state index in [-0.39, 0.29) is 11.0 Å². The lowest BCUT2D eigenvalue weighted by Gasteiger charge is -2.31. The summed E-state index contributed by atoms with van der Waals surface area (Å²) >= 11 is 0. The van der Waals surface area contributed by atoms with Gasteiger partial charge in [-0.2, -0.15) is 0 Å². The molecule has 2 unspecified atom stereocenters. The fourth-order valence-corrected chi connectivity index (χ4v) is 3.35. The van der Waals surface area contributed by atoms with Crippen LogP contribution in [0.15, 0.2) is 0 Å². The first-order chi connectivity index (χ1) is 7.61. The lowest BCUT2D eigenvalue weighted by atomic mass is 9.81. The summed E-state index contributed by atoms with van der Waals surface area (Å²) in [5.41, 5.74) is 6.46. The van der Waals surface area contributed by atoms with E-state index >= 15 is 0 Å². The van der Waals surface area contributed by atoms with Gasteiger partial charge in [0.05, 0.1) is 11.7 Å². The Balaban J connectivity index is 1.89. The molecule has 1 saturated heterocycles. The smallest absolute Gasteiger partial charge is 0.0687 e. The third-order valence-corrected chi connectivity index (χ3v) is 4.92. The summed E-state index contributed by atoms with van der Waals surface area (Å²) < 4.78 is 6.35. The summed E-state index contributed by atoms with van der Waals surface area (Å²) in [7, 11) is 0. The summed E-state index contributed by atoms with van der Waals surface area (Å²) in [6.45, 7) is 5.33. The maximum Gasteiger partial charge on any atom is 0.0687 e. The minimum absolute atomic E-state index is 0.286. The van der Waals surface area contributed by atoms with Gasteiger partial charge in [0.15, 0.2) is 0 Å². The second-order valence-corrected chi connectivity index (χ2v) is 6.24. The van der Waals surface area contributed by atoms with E-state index in [0.29, 0.717) is 6.10 Å². The fourth-order valence-electron chi connectivity index (χ4n) is 3.35. The molecule has 2 nitrogen and oxygen atoms in total. The predicted molar refractivity (Wildman–Crippen MR) is 67.4 cm³/mol. The predicted octanol–water partition coefficient (Wildman–Crippen LogP) is 3.24. The van der Waals surface area contributed by atoms with Crippen molar-refractivity contribution in [3.63, 3.8) is 0 Å². The number of hydrogen-bond donors (Lipinski definition) is 1. The standard InChI is InChI=1S/C14H27NO/c1-3-13(2,11-15)10-12-6-9-14(16-12)7-4-5-8-14/h12H,3-11,15H2,1-2H3. The SMILES string of the molecule is CCC(C)(CN)CC1CCC2(CCCC2)O1. The summed E-state index contributed by atoms with van der Waals surface area (Å²) in [6, 6.07) is 0. The zero-order chi connectivity index (χ0) is 11.6. The molecule has 1 aliphatic carbocycles. The van der Waals surface area contributed by atoms with Gasteiger partial charge >= 0.3 is 0 Å². The Morgan fingerprint density at radius 3 is 2.56 bits per heavy atom. The van der Waals surface area contributed by atoms with E-state index in [1.54, 1.807) is 0 Å². The van der Waals surface area contributed by atoms with Crippen molar-refractivity contribution < 1.29 is 4.74 Å². The van der Waals surface area contributed by atoms with Gasteiger partial charge in [-0.3, -0.25) is 0 Å². The van der Waals surface area contributed by atoms with Gasteiger partial charge in [-0.15, -0.1) is 0 Å². The second-order valence-electron chi connectivity index (χ2n) is 6.24. The monoisotopic (exact) mass is 225 g/mol. The van der Waals surface area contributed by atoms with E-state index in [1.807, 2.05) is 0 Å². The Morgan fingerprint density at radius 2 is 2.00 bits per heavy atom. The largest absolute Gasteiger partial charge is 0.372 e. The highest BCUT2D eigenvalue weighted by Gasteiger charge is 2.43. The average molecular weight is 225 g/mol. The summed E-state index contributed by atoms with van der Waals surface area (Å²) in [5.74, 6) is 0. The van der Waals surface area contributed by atoms with Crippen molar-refractivity contribution in [2.45, 2.75) is 76.9 Å². The Hall–Kier alpha value is -0.0800. The number of rotatable bonds is 4. The first-order valence-corrected chi connectivity index (χ1v) is 6.99. The van der Waals surface area contributed by atoms with Gasteiger partial charge in [-0.05, 0) is 50.5 Å². The van der Waals surface area contributed by atoms with Crippen LogP contribution in [0, 0.1) is 5.41 Å². The van der Waals surface area contributed by atoms with E-state index < -0.39 is 0 Å². The van der Waals surface area contributed by atoms with Crippen LogP contribution in [0.5, 0.6) is 0 Å². The Kier molecular flexibility index (Phi) is 3.60. The summed E-state index contributed by atoms with van der Waals surface area (Å²) in [6.07, 6.45) is 10.7. The molecule has 2 heteroatoms. The number of nitrogens with two attached hydrogens (primary N) is 1. The zero-order valence-electron chi connectivity index (χ0n) is 10.9. The van der Waals surface area contributed by atoms with Crippen LogP contribution in [0.2, 0.25) is 0 Å². The Labute approximate surface area is 99.9 Å². The van der Waals surface area contributed by atoms with Crippen molar-refractivity contribution in [3.05, 3.63) is 0 Å². The minimum atomic E-state index is 0.286. The quantitative estimate of drug-likeness (QED) is 0.797. The van der Waals surface area contributed by atoms with Crippen LogP contribution in [-0.2, 0) is 4.74 Å². The molecule has 0 radical (unpaired) electrons. The van der Waals surface area contributed by atoms with E-state index in [1.165, 1.54) is 38.5 Å². The van der Waals surface area contributed by atoms with Crippen LogP contribution < -0.4 is 5.73 Å². The van der Waals surface area contributed by atoms with Crippen LogP contribution in [-0.4, -0.2) is 18.2 Å². The molecule has 0 amide bonds. The molecule has 1 spiro atoms. The molecule has 1 heterocycles. The van der Waals surface area contributed by atoms with Gasteiger partial charge in [0.25, 0.3) is 0 Å². The highest BCUT2D eigenvalue weighted by Crippen LogP contribution is 2.45. The normalized spacial score (nSPS) is 32.1. The minimum Gasteiger partial charge on any atom is -0.372 e. The Morgan fingerprint density at radius 1 is 1.31 bits per heavy atom. The lowest BCUT2D eigenvalue weighted by molar-refractivity contribution is -0.0515. The summed E-state index contributed by atoms with van der Waals surface area (Å²) in [5, 5.41) is 0. The number of hydrogen-bond acceptors (Lipinski definition) is 2. The second kappa shape index (κ2) is 4.66. The first-order valence-electron chi connectivity index (χ1n) is 6.99. The molecule has 2 atom stereocenters. The summed E-state index contributed by atoms with van der Waals surface area (Å²) in [4.78, 5) is 0. The highest BCUT2D eigenvalue weighted by molar-refractivity contribution is 4.94. The van der Waals surface area contributed by atoms with Gasteiger partial charge < -0.3 is 10.5 Å². The third kappa shape index (κ3) is 2.43. The van der Waals surface area contributed by atoms with Crippen molar-refractivity contribution in [2.75, 3.05) is 6.54 Å². The maximum atomic E-state index is 6.35. The molecule has 0 bridgehead atoms. The molecule has 2 fully saturated rings. The molecule has 94 valence electrons. The zero-order valence-corrected chi connectivity index (χ0v) is 10.9. The van der Waals surface area contributed by atoms with E-state index in [2.05, 4.69) is 13.8 Å². The van der Waals surface area contributed by atoms with Crippen LogP contribution >= 0.6 is 0 Å². The van der Waals surface area contributed by atoms with Gasteiger partial charge in [-0.1, -0.05) is 26.7 Å². The van der Waals surface area contributed by atoms with Crippen molar-refractivity contribution in [1.29, 1.82) is 0 Å². The highest BCUT2D eigenvalue weighted by atomic mass is 16.5. The molecule has 0 aromatic carbocycles. The van der Waals surface area contributed by atoms with Crippen LogP contribution in [0.1, 0.15) is 65.2 Å². The van der Waals surface area contributed by atoms with Crippen LogP contribution in [0.3, 0.4) is 0 Å². The fraction of sp³-hybridized carbons (Fsp3) is 1.00.